The van der Waals surface area contributed by atoms with Crippen molar-refractivity contribution in [1.29, 1.82) is 0 Å². The minimum atomic E-state index is -1.80. The summed E-state index contributed by atoms with van der Waals surface area (Å²) < 4.78 is 20.3. The summed E-state index contributed by atoms with van der Waals surface area (Å²) in [6, 6.07) is 5.44. The Balaban J connectivity index is 2.45. The van der Waals surface area contributed by atoms with E-state index in [2.05, 4.69) is 4.98 Å². The van der Waals surface area contributed by atoms with Crippen LogP contribution in [0.25, 0.3) is 10.2 Å². The normalized spacial score (nSPS) is 13.2. The second kappa shape index (κ2) is 3.64. The minimum Gasteiger partial charge on any atom is -0.375 e. The molecule has 1 heterocycles. The van der Waals surface area contributed by atoms with E-state index in [1.54, 1.807) is 6.07 Å². The molecule has 0 spiro atoms. The van der Waals surface area contributed by atoms with E-state index in [1.807, 2.05) is 12.1 Å². The molecule has 74 valence electrons. The van der Waals surface area contributed by atoms with Gasteiger partial charge in [-0.25, -0.2) is 9.19 Å². The number of hydrogen-bond acceptors (Lipinski definition) is 4. The molecule has 0 saturated heterocycles. The molecule has 14 heavy (non-hydrogen) atoms. The van der Waals surface area contributed by atoms with Gasteiger partial charge >= 0.3 is 0 Å². The molecule has 0 amide bonds. The molecular formula is C8H8N2O2S2. The Labute approximate surface area is 87.1 Å². The topological polar surface area (TPSA) is 76.2 Å². The zero-order valence-electron chi connectivity index (χ0n) is 7.14. The van der Waals surface area contributed by atoms with E-state index in [9.17, 15) is 4.21 Å². The fourth-order valence-electron chi connectivity index (χ4n) is 1.22. The van der Waals surface area contributed by atoms with Crippen LogP contribution in [0.3, 0.4) is 0 Å². The molecule has 2 aromatic rings. The monoisotopic (exact) mass is 228 g/mol. The van der Waals surface area contributed by atoms with Crippen LogP contribution in [-0.2, 0) is 16.8 Å². The van der Waals surface area contributed by atoms with Gasteiger partial charge < -0.3 is 10.3 Å². The number of fused-ring (bicyclic) bond motifs is 1. The first kappa shape index (κ1) is 9.57. The molecule has 0 aliphatic heterocycles. The summed E-state index contributed by atoms with van der Waals surface area (Å²) in [6.07, 6.45) is 0. The number of nitrogens with zero attached hydrogens (tertiary/aromatic N) is 1. The molecule has 1 aromatic carbocycles. The molecule has 1 aromatic heterocycles. The van der Waals surface area contributed by atoms with Gasteiger partial charge in [0.1, 0.15) is 0 Å². The summed E-state index contributed by atoms with van der Waals surface area (Å²) in [5, 5.41) is 0.516. The van der Waals surface area contributed by atoms with Gasteiger partial charge in [-0.05, 0) is 17.7 Å². The summed E-state index contributed by atoms with van der Waals surface area (Å²) >= 11 is -0.420. The lowest BCUT2D eigenvalue weighted by Gasteiger charge is -1.95. The second-order valence-corrected chi connectivity index (χ2v) is 4.81. The van der Waals surface area contributed by atoms with Crippen LogP contribution in [0.1, 0.15) is 5.56 Å². The highest BCUT2D eigenvalue weighted by molar-refractivity contribution is 7.78. The van der Waals surface area contributed by atoms with Crippen molar-refractivity contribution in [1.82, 2.24) is 4.98 Å². The smallest absolute Gasteiger partial charge is 0.181 e. The zero-order chi connectivity index (χ0) is 10.1. The molecule has 0 aliphatic rings. The zero-order valence-corrected chi connectivity index (χ0v) is 8.77. The second-order valence-electron chi connectivity index (χ2n) is 2.82. The molecule has 0 aliphatic carbocycles. The molecular weight excluding hydrogens is 220 g/mol. The summed E-state index contributed by atoms with van der Waals surface area (Å²) in [7, 11) is 0. The van der Waals surface area contributed by atoms with Gasteiger partial charge in [0.2, 0.25) is 0 Å². The number of nitrogens with two attached hydrogens (primary N) is 1. The molecule has 0 fully saturated rings. The number of aromatic nitrogens is 1. The lowest BCUT2D eigenvalue weighted by molar-refractivity contribution is 0.563. The van der Waals surface area contributed by atoms with Crippen LogP contribution >= 0.6 is 11.3 Å². The molecule has 0 saturated carbocycles. The Bertz CT molecular complexity index is 495. The predicted octanol–water partition coefficient (Wildman–Crippen LogP) is 1.60. The third kappa shape index (κ3) is 1.92. The third-order valence-corrected chi connectivity index (χ3v) is 3.19. The van der Waals surface area contributed by atoms with E-state index < -0.39 is 11.1 Å². The summed E-state index contributed by atoms with van der Waals surface area (Å²) in [4.78, 5) is 4.09. The molecule has 2 rings (SSSR count). The maximum Gasteiger partial charge on any atom is 0.181 e. The van der Waals surface area contributed by atoms with E-state index in [4.69, 9.17) is 10.3 Å². The number of anilines is 1. The van der Waals surface area contributed by atoms with Crippen LogP contribution < -0.4 is 5.73 Å². The highest BCUT2D eigenvalue weighted by atomic mass is 32.2. The fourth-order valence-corrected chi connectivity index (χ4v) is 2.48. The molecule has 3 N–H and O–H groups in total. The highest BCUT2D eigenvalue weighted by Gasteiger charge is 2.03. The number of nitrogen functional groups attached to an aromatic ring is 1. The molecule has 0 bridgehead atoms. The first-order valence-corrected chi connectivity index (χ1v) is 5.97. The van der Waals surface area contributed by atoms with Gasteiger partial charge in [-0.15, -0.1) is 0 Å². The van der Waals surface area contributed by atoms with Crippen LogP contribution in [0.4, 0.5) is 5.13 Å². The van der Waals surface area contributed by atoms with Gasteiger partial charge in [0.25, 0.3) is 0 Å². The van der Waals surface area contributed by atoms with Crippen molar-refractivity contribution < 1.29 is 8.76 Å². The van der Waals surface area contributed by atoms with Crippen LogP contribution in [0.15, 0.2) is 18.2 Å². The van der Waals surface area contributed by atoms with Crippen LogP contribution in [-0.4, -0.2) is 13.7 Å². The van der Waals surface area contributed by atoms with Crippen molar-refractivity contribution in [3.63, 3.8) is 0 Å². The Morgan fingerprint density at radius 2 is 2.36 bits per heavy atom. The Kier molecular flexibility index (Phi) is 2.49. The Morgan fingerprint density at radius 1 is 1.57 bits per heavy atom. The van der Waals surface area contributed by atoms with Gasteiger partial charge in [-0.2, -0.15) is 0 Å². The van der Waals surface area contributed by atoms with Crippen molar-refractivity contribution in [2.24, 2.45) is 0 Å². The fraction of sp³-hybridized carbons (Fsp3) is 0.125. The highest BCUT2D eigenvalue weighted by Crippen LogP contribution is 2.24. The van der Waals surface area contributed by atoms with E-state index in [0.717, 1.165) is 15.8 Å². The number of benzene rings is 1. The first-order chi connectivity index (χ1) is 6.65. The number of thiazole rings is 1. The summed E-state index contributed by atoms with van der Waals surface area (Å²) in [5.41, 5.74) is 7.19. The number of hydrogen-bond donors (Lipinski definition) is 2. The molecule has 1 atom stereocenters. The van der Waals surface area contributed by atoms with Gasteiger partial charge in [-0.1, -0.05) is 17.4 Å². The Morgan fingerprint density at radius 3 is 3.07 bits per heavy atom. The third-order valence-electron chi connectivity index (χ3n) is 1.76. The van der Waals surface area contributed by atoms with Crippen molar-refractivity contribution in [3.05, 3.63) is 23.8 Å². The Hall–Kier alpha value is -0.980. The summed E-state index contributed by atoms with van der Waals surface area (Å²) in [5.74, 6) is 0.147. The molecule has 4 nitrogen and oxygen atoms in total. The summed E-state index contributed by atoms with van der Waals surface area (Å²) in [6.45, 7) is 0. The predicted molar refractivity (Wildman–Crippen MR) is 58.5 cm³/mol. The van der Waals surface area contributed by atoms with Gasteiger partial charge in [-0.3, -0.25) is 0 Å². The molecule has 6 heteroatoms. The maximum absolute atomic E-state index is 10.6. The standard InChI is InChI=1S/C8H8N2O2S2/c9-8-10-6-2-1-5(4-14(11)12)3-7(6)13-8/h1-3H,4H2,(H2,9,10)(H,11,12). The molecule has 1 unspecified atom stereocenters. The first-order valence-electron chi connectivity index (χ1n) is 3.87. The quantitative estimate of drug-likeness (QED) is 0.765. The van der Waals surface area contributed by atoms with Crippen LogP contribution in [0, 0.1) is 0 Å². The van der Waals surface area contributed by atoms with E-state index in [0.29, 0.717) is 5.13 Å². The van der Waals surface area contributed by atoms with Crippen molar-refractivity contribution >= 4 is 37.8 Å². The molecule has 0 radical (unpaired) electrons. The average Bonchev–Trinajstić information content (AvgIpc) is 2.42. The lowest BCUT2D eigenvalue weighted by atomic mass is 10.2. The maximum atomic E-state index is 10.6. The largest absolute Gasteiger partial charge is 0.375 e. The van der Waals surface area contributed by atoms with Crippen molar-refractivity contribution in [2.45, 2.75) is 5.75 Å². The van der Waals surface area contributed by atoms with E-state index >= 15 is 0 Å². The van der Waals surface area contributed by atoms with Crippen LogP contribution in [0.2, 0.25) is 0 Å². The van der Waals surface area contributed by atoms with Crippen molar-refractivity contribution in [2.75, 3.05) is 5.73 Å². The van der Waals surface area contributed by atoms with Crippen molar-refractivity contribution in [3.8, 4) is 0 Å². The van der Waals surface area contributed by atoms with Gasteiger partial charge in [0.15, 0.2) is 16.2 Å². The average molecular weight is 228 g/mol. The van der Waals surface area contributed by atoms with Crippen LogP contribution in [0.5, 0.6) is 0 Å². The van der Waals surface area contributed by atoms with Gasteiger partial charge in [0, 0.05) is 0 Å². The SMILES string of the molecule is Nc1nc2ccc(CS(=O)O)cc2s1. The van der Waals surface area contributed by atoms with E-state index in [1.165, 1.54) is 11.3 Å². The minimum absolute atomic E-state index is 0.147. The number of rotatable bonds is 2. The van der Waals surface area contributed by atoms with Gasteiger partial charge in [0.05, 0.1) is 16.0 Å². The lowest BCUT2D eigenvalue weighted by Crippen LogP contribution is -1.91. The van der Waals surface area contributed by atoms with E-state index in [-0.39, 0.29) is 5.75 Å².